The molecule has 9 nitrogen and oxygen atoms in total. The van der Waals surface area contributed by atoms with E-state index in [1.807, 2.05) is 0 Å². The average molecular weight is 320 g/mol. The van der Waals surface area contributed by atoms with E-state index in [2.05, 4.69) is 10.5 Å². The molecule has 0 aromatic heterocycles. The Morgan fingerprint density at radius 2 is 1.61 bits per heavy atom. The van der Waals surface area contributed by atoms with E-state index in [9.17, 15) is 25.0 Å². The molecule has 1 aromatic carbocycles. The fourth-order valence-electron chi connectivity index (χ4n) is 2.99. The number of Topliss-reactive ketones (excluding diaryl/α,β-unsaturated/α-hetero) is 1. The van der Waals surface area contributed by atoms with Crippen molar-refractivity contribution in [1.82, 2.24) is 0 Å². The Balaban J connectivity index is 2.38. The van der Waals surface area contributed by atoms with Crippen LogP contribution in [-0.2, 0) is 4.79 Å². The summed E-state index contributed by atoms with van der Waals surface area (Å²) in [4.78, 5) is 32.4. The van der Waals surface area contributed by atoms with Crippen LogP contribution in [0.1, 0.15) is 27.7 Å². The topological polar surface area (TPSA) is 128 Å². The summed E-state index contributed by atoms with van der Waals surface area (Å²) in [7, 11) is 0. The molecule has 0 spiro atoms. The zero-order valence-electron chi connectivity index (χ0n) is 13.1. The van der Waals surface area contributed by atoms with E-state index in [0.717, 1.165) is 12.1 Å². The minimum Gasteiger partial charge on any atom is -0.298 e. The normalized spacial score (nSPS) is 18.1. The molecule has 0 radical (unpaired) electrons. The largest absolute Gasteiger partial charge is 0.301 e. The molecule has 0 bridgehead atoms. The Kier molecular flexibility index (Phi) is 3.67. The van der Waals surface area contributed by atoms with E-state index >= 15 is 0 Å². The number of carbonyl (C=O) groups excluding carboxylic acids is 1. The Morgan fingerprint density at radius 1 is 1.04 bits per heavy atom. The summed E-state index contributed by atoms with van der Waals surface area (Å²) >= 11 is 0. The number of nitro groups is 2. The number of nitrogens with one attached hydrogen (secondary N) is 1. The van der Waals surface area contributed by atoms with Crippen molar-refractivity contribution in [3.05, 3.63) is 38.4 Å². The number of carbonyl (C=O) groups is 1. The van der Waals surface area contributed by atoms with Crippen LogP contribution in [0.25, 0.3) is 0 Å². The van der Waals surface area contributed by atoms with Crippen LogP contribution < -0.4 is 5.43 Å². The number of non-ortho nitro benzene ring substituents is 1. The van der Waals surface area contributed by atoms with E-state index in [1.165, 1.54) is 6.07 Å². The van der Waals surface area contributed by atoms with Crippen molar-refractivity contribution >= 4 is 28.6 Å². The Hall–Kier alpha value is -2.84. The summed E-state index contributed by atoms with van der Waals surface area (Å²) in [6.07, 6.45) is 0. The Labute approximate surface area is 131 Å². The third kappa shape index (κ3) is 2.54. The highest BCUT2D eigenvalue weighted by Gasteiger charge is 2.59. The molecule has 1 saturated carbocycles. The molecule has 1 fully saturated rings. The first-order chi connectivity index (χ1) is 10.5. The van der Waals surface area contributed by atoms with Gasteiger partial charge in [0.15, 0.2) is 5.78 Å². The molecular formula is C14H16N4O5. The van der Waals surface area contributed by atoms with Crippen LogP contribution in [0.15, 0.2) is 23.3 Å². The van der Waals surface area contributed by atoms with Crippen LogP contribution in [0.4, 0.5) is 17.1 Å². The van der Waals surface area contributed by atoms with Crippen LogP contribution in [0.3, 0.4) is 0 Å². The van der Waals surface area contributed by atoms with Gasteiger partial charge in [-0.3, -0.25) is 30.4 Å². The SMILES string of the molecule is CC1(C)C(=O)C(C)(C)C1=NNc1ccc([N+](=O)[O-])cc1[N+](=O)[O-]. The number of hydrogen-bond acceptors (Lipinski definition) is 7. The van der Waals surface area contributed by atoms with Crippen molar-refractivity contribution in [3.63, 3.8) is 0 Å². The third-order valence-electron chi connectivity index (χ3n) is 4.00. The smallest absolute Gasteiger partial charge is 0.298 e. The molecule has 0 unspecified atom stereocenters. The van der Waals surface area contributed by atoms with Crippen LogP contribution in [0.5, 0.6) is 0 Å². The van der Waals surface area contributed by atoms with Gasteiger partial charge in [0.05, 0.1) is 32.5 Å². The van der Waals surface area contributed by atoms with Gasteiger partial charge in [-0.05, 0) is 33.8 Å². The monoisotopic (exact) mass is 320 g/mol. The summed E-state index contributed by atoms with van der Waals surface area (Å²) in [5.41, 5.74) is 0.843. The molecule has 9 heteroatoms. The fraction of sp³-hybridized carbons (Fsp3) is 0.429. The maximum Gasteiger partial charge on any atom is 0.301 e. The number of nitro benzene ring substituents is 2. The second-order valence-electron chi connectivity index (χ2n) is 6.37. The van der Waals surface area contributed by atoms with Gasteiger partial charge in [0.1, 0.15) is 5.69 Å². The van der Waals surface area contributed by atoms with Crippen LogP contribution in [-0.4, -0.2) is 21.3 Å². The average Bonchev–Trinajstić information content (AvgIpc) is 2.45. The van der Waals surface area contributed by atoms with Gasteiger partial charge in [0, 0.05) is 6.07 Å². The minimum absolute atomic E-state index is 0.0269. The zero-order valence-corrected chi connectivity index (χ0v) is 13.1. The number of hydrogen-bond donors (Lipinski definition) is 1. The number of benzene rings is 1. The molecule has 2 rings (SSSR count). The van der Waals surface area contributed by atoms with Crippen LogP contribution in [0, 0.1) is 31.1 Å². The molecule has 0 aliphatic heterocycles. The molecular weight excluding hydrogens is 304 g/mol. The molecule has 0 amide bonds. The third-order valence-corrected chi connectivity index (χ3v) is 4.00. The van der Waals surface area contributed by atoms with Crippen molar-refractivity contribution in [1.29, 1.82) is 0 Å². The molecule has 0 heterocycles. The van der Waals surface area contributed by atoms with E-state index < -0.39 is 26.4 Å². The van der Waals surface area contributed by atoms with Gasteiger partial charge in [-0.2, -0.15) is 5.10 Å². The molecule has 1 aliphatic carbocycles. The number of nitrogens with zero attached hydrogens (tertiary/aromatic N) is 3. The highest BCUT2D eigenvalue weighted by molar-refractivity contribution is 6.31. The van der Waals surface area contributed by atoms with E-state index in [1.54, 1.807) is 27.7 Å². The molecule has 1 aromatic rings. The summed E-state index contributed by atoms with van der Waals surface area (Å²) in [6, 6.07) is 3.24. The van der Waals surface area contributed by atoms with E-state index in [-0.39, 0.29) is 17.2 Å². The van der Waals surface area contributed by atoms with E-state index in [4.69, 9.17) is 0 Å². The Bertz CT molecular complexity index is 732. The summed E-state index contributed by atoms with van der Waals surface area (Å²) in [5, 5.41) is 25.9. The number of anilines is 1. The number of rotatable bonds is 4. The fourth-order valence-corrected chi connectivity index (χ4v) is 2.99. The zero-order chi connectivity index (χ0) is 17.6. The lowest BCUT2D eigenvalue weighted by molar-refractivity contribution is -0.393. The van der Waals surface area contributed by atoms with Gasteiger partial charge >= 0.3 is 5.69 Å². The summed E-state index contributed by atoms with van der Waals surface area (Å²) in [5.74, 6) is 0.0312. The molecule has 122 valence electrons. The number of ketones is 1. The second-order valence-corrected chi connectivity index (χ2v) is 6.37. The summed E-state index contributed by atoms with van der Waals surface area (Å²) in [6.45, 7) is 6.91. The molecule has 0 atom stereocenters. The maximum absolute atomic E-state index is 12.0. The van der Waals surface area contributed by atoms with Crippen molar-refractivity contribution in [2.45, 2.75) is 27.7 Å². The first kappa shape index (κ1) is 16.5. The van der Waals surface area contributed by atoms with Gasteiger partial charge in [-0.25, -0.2) is 0 Å². The first-order valence-corrected chi connectivity index (χ1v) is 6.82. The lowest BCUT2D eigenvalue weighted by Gasteiger charge is -2.48. The minimum atomic E-state index is -0.744. The standard InChI is InChI=1S/C14H16N4O5/c1-13(2)11(14(3,4)12(13)19)16-15-9-6-5-8(17(20)21)7-10(9)18(22)23/h5-7,15H,1-4H3. The second kappa shape index (κ2) is 5.11. The molecule has 0 saturated heterocycles. The molecule has 1 N–H and O–H groups in total. The predicted molar refractivity (Wildman–Crippen MR) is 83.4 cm³/mol. The van der Waals surface area contributed by atoms with Crippen LogP contribution >= 0.6 is 0 Å². The van der Waals surface area contributed by atoms with Crippen LogP contribution in [0.2, 0.25) is 0 Å². The van der Waals surface area contributed by atoms with Gasteiger partial charge in [-0.1, -0.05) is 0 Å². The van der Waals surface area contributed by atoms with Crippen molar-refractivity contribution < 1.29 is 14.6 Å². The Morgan fingerprint density at radius 3 is 2.09 bits per heavy atom. The van der Waals surface area contributed by atoms with E-state index in [0.29, 0.717) is 5.71 Å². The van der Waals surface area contributed by atoms with Crippen molar-refractivity contribution in [2.75, 3.05) is 5.43 Å². The maximum atomic E-state index is 12.0. The lowest BCUT2D eigenvalue weighted by Crippen LogP contribution is -2.61. The quantitative estimate of drug-likeness (QED) is 0.671. The highest BCUT2D eigenvalue weighted by Crippen LogP contribution is 2.47. The molecule has 23 heavy (non-hydrogen) atoms. The van der Waals surface area contributed by atoms with Gasteiger partial charge in [0.25, 0.3) is 5.69 Å². The van der Waals surface area contributed by atoms with Gasteiger partial charge in [-0.15, -0.1) is 0 Å². The highest BCUT2D eigenvalue weighted by atomic mass is 16.6. The number of hydrazone groups is 1. The van der Waals surface area contributed by atoms with Crippen molar-refractivity contribution in [2.24, 2.45) is 15.9 Å². The van der Waals surface area contributed by atoms with Gasteiger partial charge < -0.3 is 0 Å². The first-order valence-electron chi connectivity index (χ1n) is 6.82. The van der Waals surface area contributed by atoms with Crippen molar-refractivity contribution in [3.8, 4) is 0 Å². The predicted octanol–water partition coefficient (Wildman–Crippen LogP) is 2.91. The lowest BCUT2D eigenvalue weighted by atomic mass is 9.53. The summed E-state index contributed by atoms with van der Waals surface area (Å²) < 4.78 is 0. The van der Waals surface area contributed by atoms with Gasteiger partial charge in [0.2, 0.25) is 0 Å². The molecule has 1 aliphatic rings.